The summed E-state index contributed by atoms with van der Waals surface area (Å²) in [5.41, 5.74) is 2.26. The van der Waals surface area contributed by atoms with Crippen LogP contribution in [0.1, 0.15) is 19.4 Å². The van der Waals surface area contributed by atoms with Gasteiger partial charge in [-0.2, -0.15) is 9.36 Å². The summed E-state index contributed by atoms with van der Waals surface area (Å²) in [6.45, 7) is 7.34. The van der Waals surface area contributed by atoms with Crippen molar-refractivity contribution in [3.63, 3.8) is 0 Å². The Kier molecular flexibility index (Phi) is 4.35. The van der Waals surface area contributed by atoms with Gasteiger partial charge in [0.1, 0.15) is 0 Å². The Morgan fingerprint density at radius 3 is 2.83 bits per heavy atom. The quantitative estimate of drug-likeness (QED) is 0.908. The Bertz CT molecular complexity index is 537. The van der Waals surface area contributed by atoms with E-state index in [1.807, 2.05) is 6.07 Å². The number of aryl methyl sites for hydroxylation is 1. The van der Waals surface area contributed by atoms with Crippen LogP contribution in [-0.2, 0) is 0 Å². The molecule has 0 bridgehead atoms. The molecule has 0 unspecified atom stereocenters. The van der Waals surface area contributed by atoms with Gasteiger partial charge in [0.05, 0.1) is 0 Å². The Hall–Kier alpha value is -0.940. The van der Waals surface area contributed by atoms with Gasteiger partial charge in [-0.25, -0.2) is 0 Å². The second-order valence-electron chi connectivity index (χ2n) is 4.66. The maximum absolute atomic E-state index is 4.50. The lowest BCUT2D eigenvalue weighted by Crippen LogP contribution is -2.07. The molecule has 2 aromatic rings. The van der Waals surface area contributed by atoms with Crippen molar-refractivity contribution in [2.24, 2.45) is 5.92 Å². The summed E-state index contributed by atoms with van der Waals surface area (Å²) in [7, 11) is 0. The molecule has 5 heteroatoms. The SMILES string of the molecule is Cc1ccc(-c2nsc(NCC(C)C)n2)cc1Br. The minimum Gasteiger partial charge on any atom is -0.360 e. The fraction of sp³-hybridized carbons (Fsp3) is 0.385. The number of aromatic nitrogens is 2. The summed E-state index contributed by atoms with van der Waals surface area (Å²) in [5, 5.41) is 4.18. The number of nitrogens with zero attached hydrogens (tertiary/aromatic N) is 2. The van der Waals surface area contributed by atoms with E-state index in [1.54, 1.807) is 0 Å². The first-order valence-corrected chi connectivity index (χ1v) is 7.47. The van der Waals surface area contributed by atoms with Gasteiger partial charge in [-0.1, -0.05) is 41.9 Å². The predicted molar refractivity (Wildman–Crippen MR) is 81.1 cm³/mol. The average molecular weight is 326 g/mol. The second-order valence-corrected chi connectivity index (χ2v) is 6.27. The Labute approximate surface area is 120 Å². The van der Waals surface area contributed by atoms with E-state index in [4.69, 9.17) is 0 Å². The summed E-state index contributed by atoms with van der Waals surface area (Å²) in [6.07, 6.45) is 0. The van der Waals surface area contributed by atoms with Crippen LogP contribution in [0.2, 0.25) is 0 Å². The van der Waals surface area contributed by atoms with Crippen LogP contribution in [0, 0.1) is 12.8 Å². The number of hydrogen-bond acceptors (Lipinski definition) is 4. The van der Waals surface area contributed by atoms with E-state index < -0.39 is 0 Å². The van der Waals surface area contributed by atoms with E-state index in [9.17, 15) is 0 Å². The zero-order valence-electron chi connectivity index (χ0n) is 10.7. The van der Waals surface area contributed by atoms with Crippen molar-refractivity contribution >= 4 is 32.6 Å². The van der Waals surface area contributed by atoms with E-state index in [0.717, 1.165) is 27.5 Å². The molecule has 0 spiro atoms. The molecule has 0 aliphatic heterocycles. The molecule has 0 atom stereocenters. The Balaban J connectivity index is 2.16. The van der Waals surface area contributed by atoms with Gasteiger partial charge in [0.2, 0.25) is 5.13 Å². The molecule has 1 heterocycles. The topological polar surface area (TPSA) is 37.8 Å². The Morgan fingerprint density at radius 2 is 2.17 bits per heavy atom. The molecule has 1 aromatic heterocycles. The van der Waals surface area contributed by atoms with Gasteiger partial charge in [-0.15, -0.1) is 0 Å². The highest BCUT2D eigenvalue weighted by molar-refractivity contribution is 9.10. The molecule has 0 aliphatic carbocycles. The van der Waals surface area contributed by atoms with Gasteiger partial charge >= 0.3 is 0 Å². The largest absolute Gasteiger partial charge is 0.360 e. The number of halogens is 1. The van der Waals surface area contributed by atoms with E-state index >= 15 is 0 Å². The molecule has 96 valence electrons. The molecule has 1 aromatic carbocycles. The number of anilines is 1. The monoisotopic (exact) mass is 325 g/mol. The van der Waals surface area contributed by atoms with Crippen molar-refractivity contribution < 1.29 is 0 Å². The van der Waals surface area contributed by atoms with Crippen molar-refractivity contribution in [1.82, 2.24) is 9.36 Å². The molecule has 18 heavy (non-hydrogen) atoms. The average Bonchev–Trinajstić information content (AvgIpc) is 2.79. The molecule has 3 nitrogen and oxygen atoms in total. The lowest BCUT2D eigenvalue weighted by molar-refractivity contribution is 0.688. The van der Waals surface area contributed by atoms with Crippen LogP contribution in [0.4, 0.5) is 5.13 Å². The van der Waals surface area contributed by atoms with E-state index in [-0.39, 0.29) is 0 Å². The normalized spacial score (nSPS) is 10.9. The maximum atomic E-state index is 4.50. The summed E-state index contributed by atoms with van der Waals surface area (Å²) < 4.78 is 5.47. The fourth-order valence-corrected chi connectivity index (χ4v) is 2.41. The van der Waals surface area contributed by atoms with Gasteiger partial charge in [-0.3, -0.25) is 0 Å². The lowest BCUT2D eigenvalue weighted by Gasteiger charge is -2.04. The van der Waals surface area contributed by atoms with E-state index in [2.05, 4.69) is 63.5 Å². The van der Waals surface area contributed by atoms with E-state index in [0.29, 0.717) is 5.92 Å². The van der Waals surface area contributed by atoms with Crippen LogP contribution >= 0.6 is 27.5 Å². The van der Waals surface area contributed by atoms with Crippen LogP contribution in [-0.4, -0.2) is 15.9 Å². The van der Waals surface area contributed by atoms with Gasteiger partial charge in [0.15, 0.2) is 5.82 Å². The predicted octanol–water partition coefficient (Wildman–Crippen LogP) is 4.34. The summed E-state index contributed by atoms with van der Waals surface area (Å²) in [4.78, 5) is 4.50. The molecule has 0 aliphatic rings. The van der Waals surface area contributed by atoms with Gasteiger partial charge < -0.3 is 5.32 Å². The van der Waals surface area contributed by atoms with Crippen LogP contribution in [0.5, 0.6) is 0 Å². The van der Waals surface area contributed by atoms with Crippen molar-refractivity contribution in [1.29, 1.82) is 0 Å². The minimum absolute atomic E-state index is 0.603. The third-order valence-corrected chi connectivity index (χ3v) is 4.04. The number of rotatable bonds is 4. The van der Waals surface area contributed by atoms with Crippen molar-refractivity contribution in [2.45, 2.75) is 20.8 Å². The fourth-order valence-electron chi connectivity index (χ4n) is 1.44. The molecule has 0 amide bonds. The maximum Gasteiger partial charge on any atom is 0.202 e. The number of nitrogens with one attached hydrogen (secondary N) is 1. The highest BCUT2D eigenvalue weighted by atomic mass is 79.9. The first kappa shape index (κ1) is 13.5. The van der Waals surface area contributed by atoms with E-state index in [1.165, 1.54) is 17.1 Å². The van der Waals surface area contributed by atoms with Gasteiger partial charge in [0.25, 0.3) is 0 Å². The molecule has 0 fully saturated rings. The van der Waals surface area contributed by atoms with Crippen LogP contribution in [0.15, 0.2) is 22.7 Å². The summed E-state index contributed by atoms with van der Waals surface area (Å²) in [5.74, 6) is 1.39. The third-order valence-electron chi connectivity index (χ3n) is 2.52. The number of benzene rings is 1. The summed E-state index contributed by atoms with van der Waals surface area (Å²) >= 11 is 4.94. The molecule has 2 rings (SSSR count). The standard InChI is InChI=1S/C13H16BrN3S/c1-8(2)7-15-13-16-12(17-18-13)10-5-4-9(3)11(14)6-10/h4-6,8H,7H2,1-3H3,(H,15,16,17). The van der Waals surface area contributed by atoms with Crippen molar-refractivity contribution in [2.75, 3.05) is 11.9 Å². The Morgan fingerprint density at radius 1 is 1.39 bits per heavy atom. The van der Waals surface area contributed by atoms with Crippen LogP contribution < -0.4 is 5.32 Å². The molecular weight excluding hydrogens is 310 g/mol. The van der Waals surface area contributed by atoms with Crippen LogP contribution in [0.25, 0.3) is 11.4 Å². The van der Waals surface area contributed by atoms with Gasteiger partial charge in [0, 0.05) is 28.1 Å². The van der Waals surface area contributed by atoms with Crippen molar-refractivity contribution in [3.8, 4) is 11.4 Å². The molecule has 1 N–H and O–H groups in total. The molecule has 0 saturated heterocycles. The lowest BCUT2D eigenvalue weighted by atomic mass is 10.1. The first-order valence-electron chi connectivity index (χ1n) is 5.90. The third kappa shape index (κ3) is 3.29. The summed E-state index contributed by atoms with van der Waals surface area (Å²) in [6, 6.07) is 6.18. The highest BCUT2D eigenvalue weighted by Gasteiger charge is 2.08. The van der Waals surface area contributed by atoms with Crippen LogP contribution in [0.3, 0.4) is 0 Å². The van der Waals surface area contributed by atoms with Gasteiger partial charge in [-0.05, 0) is 24.5 Å². The molecule has 0 radical (unpaired) electrons. The molecular formula is C13H16BrN3S. The second kappa shape index (κ2) is 5.80. The first-order chi connectivity index (χ1) is 8.56. The van der Waals surface area contributed by atoms with Crippen molar-refractivity contribution in [3.05, 3.63) is 28.2 Å². The zero-order chi connectivity index (χ0) is 13.1. The molecule has 0 saturated carbocycles. The highest BCUT2D eigenvalue weighted by Crippen LogP contribution is 2.26. The minimum atomic E-state index is 0.603. The number of hydrogen-bond donors (Lipinski definition) is 1. The smallest absolute Gasteiger partial charge is 0.202 e. The zero-order valence-corrected chi connectivity index (χ0v) is 13.1.